The summed E-state index contributed by atoms with van der Waals surface area (Å²) in [5, 5.41) is 13.5. The maximum Gasteiger partial charge on any atom is 0.277 e. The van der Waals surface area contributed by atoms with Crippen molar-refractivity contribution in [2.24, 2.45) is 0 Å². The van der Waals surface area contributed by atoms with Gasteiger partial charge in [-0.2, -0.15) is 0 Å². The molecule has 3 aromatic heterocycles. The van der Waals surface area contributed by atoms with E-state index in [4.69, 9.17) is 8.83 Å². The summed E-state index contributed by atoms with van der Waals surface area (Å²) in [7, 11) is 0. The third-order valence-corrected chi connectivity index (χ3v) is 5.84. The van der Waals surface area contributed by atoms with Crippen LogP contribution in [0.1, 0.15) is 22.2 Å². The normalized spacial score (nSPS) is 12.0. The maximum absolute atomic E-state index is 12.6. The molecule has 0 fully saturated rings. The summed E-state index contributed by atoms with van der Waals surface area (Å²) in [5.74, 6) is 1.17. The van der Waals surface area contributed by atoms with E-state index in [9.17, 15) is 4.79 Å². The highest BCUT2D eigenvalue weighted by molar-refractivity contribution is 7.99. The highest BCUT2D eigenvalue weighted by Crippen LogP contribution is 2.28. The lowest BCUT2D eigenvalue weighted by atomic mass is 10.1. The number of furan rings is 1. The van der Waals surface area contributed by atoms with Crippen LogP contribution < -0.4 is 5.32 Å². The van der Waals surface area contributed by atoms with Crippen molar-refractivity contribution in [2.45, 2.75) is 18.2 Å². The van der Waals surface area contributed by atoms with Crippen molar-refractivity contribution in [3.63, 3.8) is 0 Å². The van der Waals surface area contributed by atoms with Crippen LogP contribution in [0.5, 0.6) is 0 Å². The second kappa shape index (κ2) is 8.45. The van der Waals surface area contributed by atoms with Gasteiger partial charge in [-0.15, -0.1) is 21.5 Å². The van der Waals surface area contributed by atoms with Crippen LogP contribution in [0.3, 0.4) is 0 Å². The standard InChI is InChI=1S/C20H17N3O3S2/c1-13-15(9-10-25-13)19-22-23-20(26-19)28-12-17(24)21-18(16-8-5-11-27-16)14-6-3-2-4-7-14/h2-11,18H,12H2,1H3,(H,21,24)/t18-/m1/s1. The van der Waals surface area contributed by atoms with Crippen molar-refractivity contribution >= 4 is 29.0 Å². The minimum Gasteiger partial charge on any atom is -0.469 e. The molecule has 0 spiro atoms. The van der Waals surface area contributed by atoms with Gasteiger partial charge in [-0.1, -0.05) is 48.2 Å². The molecule has 8 heteroatoms. The van der Waals surface area contributed by atoms with E-state index in [-0.39, 0.29) is 17.7 Å². The Morgan fingerprint density at radius 2 is 2.04 bits per heavy atom. The molecular weight excluding hydrogens is 394 g/mol. The van der Waals surface area contributed by atoms with Gasteiger partial charge >= 0.3 is 0 Å². The van der Waals surface area contributed by atoms with Crippen LogP contribution in [0.2, 0.25) is 0 Å². The Hall–Kier alpha value is -2.84. The Kier molecular flexibility index (Phi) is 5.59. The highest BCUT2D eigenvalue weighted by Gasteiger charge is 2.19. The molecule has 28 heavy (non-hydrogen) atoms. The van der Waals surface area contributed by atoms with Crippen molar-refractivity contribution in [2.75, 3.05) is 5.75 Å². The number of rotatable bonds is 7. The molecule has 1 aromatic carbocycles. The van der Waals surface area contributed by atoms with E-state index < -0.39 is 0 Å². The predicted octanol–water partition coefficient (Wildman–Crippen LogP) is 4.70. The number of nitrogens with zero attached hydrogens (tertiary/aromatic N) is 2. The molecule has 0 aliphatic carbocycles. The number of aromatic nitrogens is 2. The summed E-state index contributed by atoms with van der Waals surface area (Å²) in [6, 6.07) is 15.5. The predicted molar refractivity (Wildman–Crippen MR) is 108 cm³/mol. The number of hydrogen-bond acceptors (Lipinski definition) is 7. The average Bonchev–Trinajstić information content (AvgIpc) is 3.47. The first-order valence-corrected chi connectivity index (χ1v) is 10.5. The van der Waals surface area contributed by atoms with Gasteiger partial charge in [0, 0.05) is 4.88 Å². The first-order valence-electron chi connectivity index (χ1n) is 8.59. The molecular formula is C20H17N3O3S2. The van der Waals surface area contributed by atoms with Gasteiger partial charge < -0.3 is 14.2 Å². The number of carbonyl (C=O) groups excluding carboxylic acids is 1. The Labute approximate surface area is 170 Å². The summed E-state index contributed by atoms with van der Waals surface area (Å²) >= 11 is 2.82. The topological polar surface area (TPSA) is 81.2 Å². The van der Waals surface area contributed by atoms with Gasteiger partial charge in [-0.3, -0.25) is 4.79 Å². The van der Waals surface area contributed by atoms with Crippen LogP contribution >= 0.6 is 23.1 Å². The maximum atomic E-state index is 12.6. The lowest BCUT2D eigenvalue weighted by Crippen LogP contribution is -2.30. The average molecular weight is 412 g/mol. The van der Waals surface area contributed by atoms with Crippen LogP contribution in [0.25, 0.3) is 11.5 Å². The zero-order valence-electron chi connectivity index (χ0n) is 15.0. The van der Waals surface area contributed by atoms with Crippen LogP contribution in [-0.4, -0.2) is 21.9 Å². The number of thioether (sulfide) groups is 1. The zero-order chi connectivity index (χ0) is 19.3. The number of benzene rings is 1. The van der Waals surface area contributed by atoms with E-state index in [0.29, 0.717) is 16.9 Å². The van der Waals surface area contributed by atoms with Crippen molar-refractivity contribution in [1.82, 2.24) is 15.5 Å². The second-order valence-electron chi connectivity index (χ2n) is 5.98. The van der Waals surface area contributed by atoms with Gasteiger partial charge in [0.25, 0.3) is 11.1 Å². The van der Waals surface area contributed by atoms with Crippen LogP contribution in [-0.2, 0) is 4.79 Å². The summed E-state index contributed by atoms with van der Waals surface area (Å²) in [4.78, 5) is 13.6. The van der Waals surface area contributed by atoms with Crippen LogP contribution in [0.4, 0.5) is 0 Å². The second-order valence-corrected chi connectivity index (χ2v) is 7.88. The monoisotopic (exact) mass is 411 g/mol. The third kappa shape index (κ3) is 4.18. The van der Waals surface area contributed by atoms with Crippen molar-refractivity contribution < 1.29 is 13.6 Å². The molecule has 4 aromatic rings. The first-order chi connectivity index (χ1) is 13.7. The molecule has 6 nitrogen and oxygen atoms in total. The Morgan fingerprint density at radius 3 is 2.75 bits per heavy atom. The van der Waals surface area contributed by atoms with Crippen LogP contribution in [0.15, 0.2) is 74.2 Å². The van der Waals surface area contributed by atoms with E-state index in [1.165, 1.54) is 11.8 Å². The van der Waals surface area contributed by atoms with E-state index in [2.05, 4.69) is 15.5 Å². The highest BCUT2D eigenvalue weighted by atomic mass is 32.2. The van der Waals surface area contributed by atoms with E-state index in [1.807, 2.05) is 54.8 Å². The molecule has 0 saturated carbocycles. The van der Waals surface area contributed by atoms with Gasteiger partial charge in [0.05, 0.1) is 23.6 Å². The van der Waals surface area contributed by atoms with Crippen molar-refractivity contribution in [3.05, 3.63) is 76.4 Å². The molecule has 1 atom stereocenters. The zero-order valence-corrected chi connectivity index (χ0v) is 16.6. The van der Waals surface area contributed by atoms with Crippen molar-refractivity contribution in [1.29, 1.82) is 0 Å². The molecule has 0 bridgehead atoms. The van der Waals surface area contributed by atoms with Crippen molar-refractivity contribution in [3.8, 4) is 11.5 Å². The van der Waals surface area contributed by atoms with E-state index >= 15 is 0 Å². The number of nitrogens with one attached hydrogen (secondary N) is 1. The SMILES string of the molecule is Cc1occc1-c1nnc(SCC(=O)N[C@H](c2ccccc2)c2cccs2)o1. The minimum atomic E-state index is -0.180. The summed E-state index contributed by atoms with van der Waals surface area (Å²) < 4.78 is 10.9. The molecule has 1 N–H and O–H groups in total. The molecule has 0 saturated heterocycles. The summed E-state index contributed by atoms with van der Waals surface area (Å²) in [6.45, 7) is 1.83. The van der Waals surface area contributed by atoms with Gasteiger partial charge in [0.2, 0.25) is 5.91 Å². The number of carbonyl (C=O) groups is 1. The van der Waals surface area contributed by atoms with Gasteiger partial charge in [-0.25, -0.2) is 0 Å². The molecule has 3 heterocycles. The Bertz CT molecular complexity index is 1040. The Morgan fingerprint density at radius 1 is 1.18 bits per heavy atom. The molecule has 0 radical (unpaired) electrons. The molecule has 4 rings (SSSR count). The molecule has 0 aliphatic heterocycles. The van der Waals surface area contributed by atoms with Gasteiger partial charge in [0.15, 0.2) is 0 Å². The fraction of sp³-hybridized carbons (Fsp3) is 0.150. The van der Waals surface area contributed by atoms with Crippen LogP contribution in [0, 0.1) is 6.92 Å². The first kappa shape index (κ1) is 18.5. The molecule has 1 amide bonds. The smallest absolute Gasteiger partial charge is 0.277 e. The fourth-order valence-corrected chi connectivity index (χ4v) is 4.11. The molecule has 142 valence electrons. The quantitative estimate of drug-likeness (QED) is 0.444. The largest absolute Gasteiger partial charge is 0.469 e. The summed E-state index contributed by atoms with van der Waals surface area (Å²) in [6.07, 6.45) is 1.57. The number of thiophene rings is 1. The van der Waals surface area contributed by atoms with E-state index in [0.717, 1.165) is 16.0 Å². The van der Waals surface area contributed by atoms with E-state index in [1.54, 1.807) is 23.7 Å². The summed E-state index contributed by atoms with van der Waals surface area (Å²) in [5.41, 5.74) is 1.80. The fourth-order valence-electron chi connectivity index (χ4n) is 2.73. The van der Waals surface area contributed by atoms with Gasteiger partial charge in [0.1, 0.15) is 5.76 Å². The number of aryl methyl sites for hydroxylation is 1. The Balaban J connectivity index is 1.41. The molecule has 0 unspecified atom stereocenters. The van der Waals surface area contributed by atoms with Gasteiger partial charge in [-0.05, 0) is 30.0 Å². The molecule has 0 aliphatic rings. The number of amides is 1. The number of hydrogen-bond donors (Lipinski definition) is 1. The third-order valence-electron chi connectivity index (χ3n) is 4.09. The lowest BCUT2D eigenvalue weighted by Gasteiger charge is -2.17. The minimum absolute atomic E-state index is 0.105. The lowest BCUT2D eigenvalue weighted by molar-refractivity contribution is -0.119.